The summed E-state index contributed by atoms with van der Waals surface area (Å²) in [5, 5.41) is 27.2. The van der Waals surface area contributed by atoms with Crippen molar-refractivity contribution in [2.24, 2.45) is 5.41 Å². The first-order valence-electron chi connectivity index (χ1n) is 5.20. The second-order valence-corrected chi connectivity index (χ2v) is 3.95. The van der Waals surface area contributed by atoms with Crippen molar-refractivity contribution in [3.05, 3.63) is 35.9 Å². The smallest absolute Gasteiger partial charge is 0.0717 e. The maximum atomic E-state index is 9.07. The molecule has 0 fully saturated rings. The summed E-state index contributed by atoms with van der Waals surface area (Å²) >= 11 is 0. The van der Waals surface area contributed by atoms with E-state index in [9.17, 15) is 0 Å². The van der Waals surface area contributed by atoms with Crippen LogP contribution in [-0.2, 0) is 11.3 Å². The van der Waals surface area contributed by atoms with Gasteiger partial charge in [-0.2, -0.15) is 0 Å². The quantitative estimate of drug-likeness (QED) is 0.619. The number of aliphatic hydroxyl groups excluding tert-OH is 3. The summed E-state index contributed by atoms with van der Waals surface area (Å²) in [4.78, 5) is 0. The topological polar surface area (TPSA) is 69.9 Å². The molecule has 0 aliphatic carbocycles. The molecule has 3 N–H and O–H groups in total. The van der Waals surface area contributed by atoms with Gasteiger partial charge in [0, 0.05) is 0 Å². The normalized spacial score (nSPS) is 11.7. The Morgan fingerprint density at radius 2 is 1.50 bits per heavy atom. The molecule has 0 saturated carbocycles. The Kier molecular flexibility index (Phi) is 5.42. The molecule has 0 bridgehead atoms. The highest BCUT2D eigenvalue weighted by Crippen LogP contribution is 2.16. The van der Waals surface area contributed by atoms with E-state index >= 15 is 0 Å². The fraction of sp³-hybridized carbons (Fsp3) is 0.500. The van der Waals surface area contributed by atoms with Crippen molar-refractivity contribution in [1.29, 1.82) is 0 Å². The highest BCUT2D eigenvalue weighted by Gasteiger charge is 2.28. The molecule has 0 atom stereocenters. The van der Waals surface area contributed by atoms with E-state index in [0.717, 1.165) is 5.56 Å². The van der Waals surface area contributed by atoms with Gasteiger partial charge in [-0.15, -0.1) is 0 Å². The lowest BCUT2D eigenvalue weighted by molar-refractivity contribution is -0.0621. The Morgan fingerprint density at radius 1 is 0.938 bits per heavy atom. The minimum Gasteiger partial charge on any atom is -0.396 e. The lowest BCUT2D eigenvalue weighted by atomic mass is 9.93. The van der Waals surface area contributed by atoms with E-state index in [-0.39, 0.29) is 26.4 Å². The summed E-state index contributed by atoms with van der Waals surface area (Å²) in [6, 6.07) is 9.60. The Labute approximate surface area is 95.1 Å². The second-order valence-electron chi connectivity index (χ2n) is 3.95. The molecule has 1 rings (SSSR count). The van der Waals surface area contributed by atoms with Crippen molar-refractivity contribution in [3.63, 3.8) is 0 Å². The summed E-state index contributed by atoms with van der Waals surface area (Å²) in [7, 11) is 0. The van der Waals surface area contributed by atoms with Gasteiger partial charge in [0.1, 0.15) is 0 Å². The molecule has 4 nitrogen and oxygen atoms in total. The van der Waals surface area contributed by atoms with E-state index in [1.54, 1.807) is 0 Å². The van der Waals surface area contributed by atoms with E-state index in [2.05, 4.69) is 0 Å². The van der Waals surface area contributed by atoms with Crippen molar-refractivity contribution in [1.82, 2.24) is 0 Å². The van der Waals surface area contributed by atoms with Crippen molar-refractivity contribution in [2.45, 2.75) is 6.61 Å². The Bertz CT molecular complexity index is 274. The van der Waals surface area contributed by atoms with E-state index in [4.69, 9.17) is 20.1 Å². The van der Waals surface area contributed by atoms with Crippen molar-refractivity contribution >= 4 is 0 Å². The summed E-state index contributed by atoms with van der Waals surface area (Å²) in [5.41, 5.74) is 0.0691. The van der Waals surface area contributed by atoms with Crippen LogP contribution in [0.25, 0.3) is 0 Å². The summed E-state index contributed by atoms with van der Waals surface area (Å²) in [6.45, 7) is -0.355. The van der Waals surface area contributed by atoms with Crippen LogP contribution in [0.3, 0.4) is 0 Å². The number of aliphatic hydroxyl groups is 3. The van der Waals surface area contributed by atoms with Gasteiger partial charge in [-0.3, -0.25) is 0 Å². The van der Waals surface area contributed by atoms with Gasteiger partial charge >= 0.3 is 0 Å². The molecule has 0 saturated heterocycles. The third-order valence-corrected chi connectivity index (χ3v) is 2.53. The van der Waals surface area contributed by atoms with Gasteiger partial charge in [0.2, 0.25) is 0 Å². The zero-order valence-corrected chi connectivity index (χ0v) is 9.17. The van der Waals surface area contributed by atoms with Crippen LogP contribution < -0.4 is 0 Å². The van der Waals surface area contributed by atoms with Gasteiger partial charge in [0.15, 0.2) is 0 Å². The summed E-state index contributed by atoms with van der Waals surface area (Å²) in [6.07, 6.45) is 0. The van der Waals surface area contributed by atoms with Crippen LogP contribution in [0.4, 0.5) is 0 Å². The van der Waals surface area contributed by atoms with Crippen molar-refractivity contribution < 1.29 is 20.1 Å². The molecule has 0 aliphatic heterocycles. The maximum absolute atomic E-state index is 9.07. The first-order chi connectivity index (χ1) is 7.76. The molecule has 1 aromatic carbocycles. The average molecular weight is 226 g/mol. The van der Waals surface area contributed by atoms with Gasteiger partial charge in [0.25, 0.3) is 0 Å². The molecule has 0 aliphatic rings. The Hall–Kier alpha value is -0.940. The molecule has 0 radical (unpaired) electrons. The molecule has 4 heteroatoms. The minimum absolute atomic E-state index is 0.130. The van der Waals surface area contributed by atoms with Gasteiger partial charge in [-0.25, -0.2) is 0 Å². The number of benzene rings is 1. The van der Waals surface area contributed by atoms with Gasteiger partial charge < -0.3 is 20.1 Å². The van der Waals surface area contributed by atoms with Crippen molar-refractivity contribution in [3.8, 4) is 0 Å². The van der Waals surface area contributed by atoms with Gasteiger partial charge in [-0.05, 0) is 5.56 Å². The molecule has 90 valence electrons. The van der Waals surface area contributed by atoms with Crippen LogP contribution in [0.1, 0.15) is 5.56 Å². The van der Waals surface area contributed by atoms with E-state index < -0.39 is 5.41 Å². The molecule has 0 aromatic heterocycles. The molecule has 16 heavy (non-hydrogen) atoms. The number of ether oxygens (including phenoxy) is 1. The lowest BCUT2D eigenvalue weighted by Crippen LogP contribution is -2.38. The summed E-state index contributed by atoms with van der Waals surface area (Å²) in [5.74, 6) is 0. The molecule has 0 amide bonds. The summed E-state index contributed by atoms with van der Waals surface area (Å²) < 4.78 is 5.38. The predicted octanol–water partition coefficient (Wildman–Crippen LogP) is 0.166. The van der Waals surface area contributed by atoms with E-state index in [0.29, 0.717) is 6.61 Å². The van der Waals surface area contributed by atoms with Crippen LogP contribution in [0.2, 0.25) is 0 Å². The maximum Gasteiger partial charge on any atom is 0.0717 e. The second kappa shape index (κ2) is 6.60. The standard InChI is InChI=1S/C12H18O4/c13-7-12(8-14,9-15)10-16-6-11-4-2-1-3-5-11/h1-5,13-15H,6-10H2. The van der Waals surface area contributed by atoms with Gasteiger partial charge in [0.05, 0.1) is 38.4 Å². The minimum atomic E-state index is -0.950. The monoisotopic (exact) mass is 226 g/mol. The molecule has 0 unspecified atom stereocenters. The number of hydrogen-bond donors (Lipinski definition) is 3. The zero-order valence-electron chi connectivity index (χ0n) is 9.17. The van der Waals surface area contributed by atoms with Crippen molar-refractivity contribution in [2.75, 3.05) is 26.4 Å². The molecule has 1 aromatic rings. The first-order valence-corrected chi connectivity index (χ1v) is 5.20. The van der Waals surface area contributed by atoms with E-state index in [1.165, 1.54) is 0 Å². The number of hydrogen-bond acceptors (Lipinski definition) is 4. The first kappa shape index (κ1) is 13.1. The fourth-order valence-electron chi connectivity index (χ4n) is 1.25. The fourth-order valence-corrected chi connectivity index (χ4v) is 1.25. The van der Waals surface area contributed by atoms with E-state index in [1.807, 2.05) is 30.3 Å². The molecule has 0 spiro atoms. The number of rotatable bonds is 7. The third kappa shape index (κ3) is 3.57. The highest BCUT2D eigenvalue weighted by molar-refractivity contribution is 5.13. The molecule has 0 heterocycles. The van der Waals surface area contributed by atoms with Crippen LogP contribution in [0.5, 0.6) is 0 Å². The van der Waals surface area contributed by atoms with Crippen LogP contribution in [0, 0.1) is 5.41 Å². The highest BCUT2D eigenvalue weighted by atomic mass is 16.5. The predicted molar refractivity (Wildman–Crippen MR) is 59.8 cm³/mol. The Morgan fingerprint density at radius 3 is 2.00 bits per heavy atom. The zero-order chi connectivity index (χ0) is 11.9. The molecular formula is C12H18O4. The third-order valence-electron chi connectivity index (χ3n) is 2.53. The van der Waals surface area contributed by atoms with Crippen LogP contribution in [-0.4, -0.2) is 41.7 Å². The lowest BCUT2D eigenvalue weighted by Gasteiger charge is -2.26. The van der Waals surface area contributed by atoms with Gasteiger partial charge in [-0.1, -0.05) is 30.3 Å². The van der Waals surface area contributed by atoms with Crippen LogP contribution in [0.15, 0.2) is 30.3 Å². The SMILES string of the molecule is OCC(CO)(CO)COCc1ccccc1. The molecular weight excluding hydrogens is 208 g/mol. The largest absolute Gasteiger partial charge is 0.396 e. The average Bonchev–Trinajstić information content (AvgIpc) is 2.37. The Balaban J connectivity index is 2.39. The van der Waals surface area contributed by atoms with Crippen LogP contribution >= 0.6 is 0 Å².